The number of fused-ring (bicyclic) bond motifs is 8. The Balaban J connectivity index is 0.00000357. The molecule has 0 spiro atoms. The molecular weight excluding hydrogens is 648 g/mol. The molecule has 2 atom stereocenters. The van der Waals surface area contributed by atoms with Crippen LogP contribution in [0, 0.1) is 13.8 Å². The van der Waals surface area contributed by atoms with Crippen LogP contribution in [0.2, 0.25) is 0 Å². The number of aliphatic carboxylic acids is 2. The van der Waals surface area contributed by atoms with Crippen molar-refractivity contribution in [2.75, 3.05) is 11.5 Å². The van der Waals surface area contributed by atoms with Crippen LogP contribution < -0.4 is 9.97 Å². The van der Waals surface area contributed by atoms with Crippen LogP contribution in [-0.2, 0) is 56.6 Å². The zero-order valence-corrected chi connectivity index (χ0v) is 28.3. The summed E-state index contributed by atoms with van der Waals surface area (Å²) < 4.78 is 0. The van der Waals surface area contributed by atoms with Gasteiger partial charge in [-0.15, -0.1) is 22.1 Å². The Morgan fingerprint density at radius 3 is 1.93 bits per heavy atom. The number of nitrogens with zero attached hydrogens (tertiary/aromatic N) is 4. The van der Waals surface area contributed by atoms with Gasteiger partial charge in [0, 0.05) is 18.4 Å². The van der Waals surface area contributed by atoms with E-state index < -0.39 is 11.9 Å². The fraction of sp³-hybridized carbons (Fsp3) is 0.353. The van der Waals surface area contributed by atoms with Gasteiger partial charge >= 0.3 is 29.0 Å². The molecule has 232 valence electrons. The first-order valence-electron chi connectivity index (χ1n) is 14.9. The first kappa shape index (κ1) is 31.7. The Bertz CT molecular complexity index is 2000. The number of allylic oxidation sites excluding steroid dienone is 3. The van der Waals surface area contributed by atoms with Crippen LogP contribution in [0.15, 0.2) is 24.3 Å². The van der Waals surface area contributed by atoms with Gasteiger partial charge in [-0.2, -0.15) is 0 Å². The predicted molar refractivity (Wildman–Crippen MR) is 180 cm³/mol. The molecular formula is C34H34FeN4O4S2+2. The third-order valence-corrected chi connectivity index (χ3v) is 11.0. The number of thiol groups is 2. The summed E-state index contributed by atoms with van der Waals surface area (Å²) >= 11 is 2.81. The zero-order chi connectivity index (χ0) is 30.9. The molecule has 0 unspecified atom stereocenters. The van der Waals surface area contributed by atoms with Crippen LogP contribution in [0.25, 0.3) is 44.4 Å². The van der Waals surface area contributed by atoms with E-state index in [4.69, 9.17) is 19.9 Å². The Labute approximate surface area is 280 Å². The molecule has 7 heterocycles. The summed E-state index contributed by atoms with van der Waals surface area (Å²) in [6.45, 7) is 8.27. The average Bonchev–Trinajstić information content (AvgIpc) is 3.88. The molecule has 0 amide bonds. The number of carboxylic acid groups (broad SMARTS) is 2. The molecule has 4 aliphatic heterocycles. The van der Waals surface area contributed by atoms with Crippen LogP contribution in [0.5, 0.6) is 0 Å². The van der Waals surface area contributed by atoms with Crippen LogP contribution in [-0.4, -0.2) is 48.9 Å². The topological polar surface area (TPSA) is 129 Å². The summed E-state index contributed by atoms with van der Waals surface area (Å²) in [5, 5.41) is 19.9. The van der Waals surface area contributed by atoms with Crippen molar-refractivity contribution >= 4 is 79.8 Å². The minimum absolute atomic E-state index is 0. The smallest absolute Gasteiger partial charge is 0.657 e. The quantitative estimate of drug-likeness (QED) is 0.147. The second-order valence-corrected chi connectivity index (χ2v) is 14.6. The number of carboxylic acids is 2. The summed E-state index contributed by atoms with van der Waals surface area (Å²) in [5.41, 5.74) is 15.0. The Morgan fingerprint density at radius 2 is 1.27 bits per heavy atom. The van der Waals surface area contributed by atoms with Crippen molar-refractivity contribution in [1.29, 1.82) is 0 Å². The number of hydrogen-bond donors (Lipinski definition) is 2. The number of aryl methyl sites for hydroxylation is 3. The number of rotatable bonds is 8. The van der Waals surface area contributed by atoms with E-state index in [1.807, 2.05) is 26.0 Å². The summed E-state index contributed by atoms with van der Waals surface area (Å²) in [4.78, 5) is 43.5. The van der Waals surface area contributed by atoms with Gasteiger partial charge in [0.25, 0.3) is 0 Å². The average molecular weight is 683 g/mol. The molecule has 45 heavy (non-hydrogen) atoms. The van der Waals surface area contributed by atoms with Gasteiger partial charge in [-0.25, -0.2) is 9.97 Å². The molecule has 0 radical (unpaired) electrons. The molecule has 0 aliphatic carbocycles. The molecule has 2 N–H and O–H groups in total. The molecule has 2 saturated heterocycles. The molecule has 0 saturated carbocycles. The van der Waals surface area contributed by atoms with Crippen LogP contribution in [0.3, 0.4) is 0 Å². The summed E-state index contributed by atoms with van der Waals surface area (Å²) in [6, 6.07) is 8.13. The van der Waals surface area contributed by atoms with E-state index in [0.717, 1.165) is 73.0 Å². The molecule has 3 aromatic heterocycles. The van der Waals surface area contributed by atoms with E-state index in [-0.39, 0.29) is 29.9 Å². The van der Waals surface area contributed by atoms with Gasteiger partial charge in [0.1, 0.15) is 0 Å². The van der Waals surface area contributed by atoms with E-state index in [9.17, 15) is 19.8 Å². The minimum atomic E-state index is -0.869. The standard InChI is InChI=1S/C34H34N4O4S2.Fe/c1-15-19(5-7-31(39)40)25-12-26-20(6-8-32(41)42)16(2)22(36-26)10-27-34(30-14-44-30)18(4)24(38-27)11-28-33(29-13-43-29)17(3)23(37-28)9-21(15)35-25;/h9-12,29-30H,5-8,13-14H2,1-4H3,(H4,35,36,37,38,39,40,41,42);/q;+2/t29-,30+;/m0./s1. The maximum Gasteiger partial charge on any atom is 2.00 e. The third kappa shape index (κ3) is 6.03. The minimum Gasteiger partial charge on any atom is -0.657 e. The SMILES string of the molecule is CC1=C(CCC(=O)O)c2cc3[n-]c(cc4nc(cc5[n-]c(cc1n2)c([C@H]1C[SH+]1)c5C)C([C@@H]1C[SH+]1)=C4C)c(C)c3CCC(=O)O.[Fe+2]. The van der Waals surface area contributed by atoms with Crippen molar-refractivity contribution < 1.29 is 36.9 Å². The molecule has 8 nitrogen and oxygen atoms in total. The van der Waals surface area contributed by atoms with Crippen LogP contribution in [0.1, 0.15) is 83.4 Å². The Kier molecular flexibility index (Phi) is 8.58. The third-order valence-electron chi connectivity index (χ3n) is 9.05. The maximum atomic E-state index is 11.6. The predicted octanol–water partition coefficient (Wildman–Crippen LogP) is 5.00. The van der Waals surface area contributed by atoms with Gasteiger partial charge in [-0.3, -0.25) is 9.59 Å². The fourth-order valence-electron chi connectivity index (χ4n) is 6.41. The van der Waals surface area contributed by atoms with Crippen molar-refractivity contribution in [2.24, 2.45) is 0 Å². The maximum absolute atomic E-state index is 11.6. The van der Waals surface area contributed by atoms with Crippen molar-refractivity contribution in [2.45, 2.75) is 63.9 Å². The summed E-state index contributed by atoms with van der Waals surface area (Å²) in [7, 11) is 0. The van der Waals surface area contributed by atoms with Crippen molar-refractivity contribution in [3.8, 4) is 0 Å². The van der Waals surface area contributed by atoms with E-state index in [1.54, 1.807) is 0 Å². The zero-order valence-electron chi connectivity index (χ0n) is 25.5. The van der Waals surface area contributed by atoms with Gasteiger partial charge in [0.15, 0.2) is 22.0 Å². The molecule has 2 fully saturated rings. The Hall–Kier alpha value is -3.24. The first-order valence-corrected chi connectivity index (χ1v) is 17.2. The largest absolute Gasteiger partial charge is 2.00 e. The van der Waals surface area contributed by atoms with Gasteiger partial charge < -0.3 is 20.2 Å². The monoisotopic (exact) mass is 682 g/mol. The Morgan fingerprint density at radius 1 is 0.733 bits per heavy atom. The van der Waals surface area contributed by atoms with Gasteiger partial charge in [-0.05, 0) is 86.3 Å². The molecule has 3 aromatic rings. The molecule has 7 rings (SSSR count). The number of aromatic nitrogens is 4. The van der Waals surface area contributed by atoms with E-state index in [1.165, 1.54) is 40.2 Å². The molecule has 8 bridgehead atoms. The van der Waals surface area contributed by atoms with Crippen molar-refractivity contribution in [1.82, 2.24) is 19.9 Å². The van der Waals surface area contributed by atoms with Crippen LogP contribution in [0.4, 0.5) is 0 Å². The molecule has 11 heteroatoms. The fourth-order valence-corrected chi connectivity index (χ4v) is 8.00. The van der Waals surface area contributed by atoms with E-state index in [0.29, 0.717) is 34.6 Å². The van der Waals surface area contributed by atoms with Crippen LogP contribution >= 0.6 is 0 Å². The first-order chi connectivity index (χ1) is 21.1. The molecule has 4 aliphatic rings. The second-order valence-electron chi connectivity index (χ2n) is 11.9. The number of carbonyl (C=O) groups is 2. The van der Waals surface area contributed by atoms with Crippen molar-refractivity contribution in [3.05, 3.63) is 69.3 Å². The normalized spacial score (nSPS) is 18.7. The number of hydrogen-bond acceptors (Lipinski definition) is 4. The van der Waals surface area contributed by atoms with Gasteiger partial charge in [0.2, 0.25) is 0 Å². The second kappa shape index (κ2) is 12.2. The van der Waals surface area contributed by atoms with Gasteiger partial charge in [0.05, 0.1) is 22.8 Å². The van der Waals surface area contributed by atoms with Gasteiger partial charge in [-0.1, -0.05) is 41.0 Å². The molecule has 0 aromatic carbocycles. The van der Waals surface area contributed by atoms with E-state index >= 15 is 0 Å². The van der Waals surface area contributed by atoms with E-state index in [2.05, 4.69) is 26.0 Å². The summed E-state index contributed by atoms with van der Waals surface area (Å²) in [6.07, 6.45) is 0.631. The van der Waals surface area contributed by atoms with Crippen molar-refractivity contribution in [3.63, 3.8) is 0 Å². The summed E-state index contributed by atoms with van der Waals surface area (Å²) in [5.74, 6) is 0.510.